The zero-order chi connectivity index (χ0) is 17.4. The Morgan fingerprint density at radius 1 is 1.21 bits per heavy atom. The van der Waals surface area contributed by atoms with E-state index in [2.05, 4.69) is 30.8 Å². The molecule has 0 saturated heterocycles. The molecule has 0 aliphatic carbocycles. The number of allylic oxidation sites excluding steroid dienone is 6. The molecule has 0 bridgehead atoms. The van der Waals surface area contributed by atoms with Crippen LogP contribution in [0.25, 0.3) is 12.2 Å². The first-order valence-electron chi connectivity index (χ1n) is 7.84. The minimum atomic E-state index is 0.527. The van der Waals surface area contributed by atoms with Gasteiger partial charge >= 0.3 is 0 Å². The normalized spacial score (nSPS) is 16.6. The maximum atomic E-state index is 5.75. The third kappa shape index (κ3) is 3.87. The summed E-state index contributed by atoms with van der Waals surface area (Å²) in [7, 11) is 0. The molecule has 3 nitrogen and oxygen atoms in total. The van der Waals surface area contributed by atoms with Crippen LogP contribution >= 0.6 is 0 Å². The molecule has 0 atom stereocenters. The highest BCUT2D eigenvalue weighted by Gasteiger charge is 2.16. The number of hydrogen-bond acceptors (Lipinski definition) is 3. The Bertz CT molecular complexity index is 854. The summed E-state index contributed by atoms with van der Waals surface area (Å²) >= 11 is 0. The Balaban J connectivity index is 2.67. The minimum absolute atomic E-state index is 0.527. The van der Waals surface area contributed by atoms with Crippen LogP contribution in [0.2, 0.25) is 0 Å². The fourth-order valence-corrected chi connectivity index (χ4v) is 2.44. The van der Waals surface area contributed by atoms with Gasteiger partial charge in [0.25, 0.3) is 0 Å². The van der Waals surface area contributed by atoms with E-state index in [1.54, 1.807) is 18.2 Å². The number of aliphatic imine (C=N–C) groups is 1. The average molecular weight is 318 g/mol. The van der Waals surface area contributed by atoms with Crippen molar-refractivity contribution in [3.63, 3.8) is 0 Å². The standard InChI is InChI=1S/C21H22N2O/c1-5-9-11-18-20(8-4)24-13-12-22-21(18)17-14-16(7-3)19(10-6-2)23-15-17/h5-11,14-15H,1-2,4,12-13H2,3H3/b11-9-,16-7-,19-10+. The molecule has 0 aromatic carbocycles. The predicted molar refractivity (Wildman–Crippen MR) is 102 cm³/mol. The van der Waals surface area contributed by atoms with Crippen molar-refractivity contribution in [3.8, 4) is 0 Å². The number of hydrogen-bond donors (Lipinski definition) is 0. The molecular formula is C21H22N2O. The van der Waals surface area contributed by atoms with Gasteiger partial charge < -0.3 is 4.74 Å². The van der Waals surface area contributed by atoms with Crippen LogP contribution in [-0.4, -0.2) is 23.8 Å². The van der Waals surface area contributed by atoms with Crippen molar-refractivity contribution in [2.24, 2.45) is 4.99 Å². The zero-order valence-electron chi connectivity index (χ0n) is 14.0. The molecule has 0 spiro atoms. The zero-order valence-corrected chi connectivity index (χ0v) is 14.0. The van der Waals surface area contributed by atoms with Gasteiger partial charge in [0.15, 0.2) is 0 Å². The quantitative estimate of drug-likeness (QED) is 0.783. The highest BCUT2D eigenvalue weighted by atomic mass is 16.5. The fourth-order valence-electron chi connectivity index (χ4n) is 2.44. The van der Waals surface area contributed by atoms with Gasteiger partial charge in [-0.25, -0.2) is 0 Å². The van der Waals surface area contributed by atoms with Gasteiger partial charge in [-0.1, -0.05) is 44.0 Å². The molecule has 1 aliphatic heterocycles. The Labute approximate surface area is 143 Å². The van der Waals surface area contributed by atoms with Gasteiger partial charge in [-0.05, 0) is 36.4 Å². The topological polar surface area (TPSA) is 34.5 Å². The molecule has 0 amide bonds. The highest BCUT2D eigenvalue weighted by Crippen LogP contribution is 2.18. The van der Waals surface area contributed by atoms with E-state index in [-0.39, 0.29) is 0 Å². The lowest BCUT2D eigenvalue weighted by molar-refractivity contribution is 0.235. The number of rotatable bonds is 5. The van der Waals surface area contributed by atoms with Gasteiger partial charge in [-0.3, -0.25) is 9.98 Å². The van der Waals surface area contributed by atoms with Crippen molar-refractivity contribution in [2.45, 2.75) is 6.92 Å². The summed E-state index contributed by atoms with van der Waals surface area (Å²) in [4.78, 5) is 9.23. The summed E-state index contributed by atoms with van der Waals surface area (Å²) in [6, 6.07) is 2.08. The second-order valence-corrected chi connectivity index (χ2v) is 5.05. The lowest BCUT2D eigenvalue weighted by Gasteiger charge is -2.10. The lowest BCUT2D eigenvalue weighted by Crippen LogP contribution is -2.29. The molecule has 0 unspecified atom stereocenters. The Morgan fingerprint density at radius 3 is 2.71 bits per heavy atom. The van der Waals surface area contributed by atoms with Crippen molar-refractivity contribution in [1.82, 2.24) is 4.98 Å². The number of ether oxygens (including phenoxy) is 1. The summed E-state index contributed by atoms with van der Waals surface area (Å²) in [6.07, 6.45) is 14.7. The smallest absolute Gasteiger partial charge is 0.128 e. The molecule has 0 N–H and O–H groups in total. The fraction of sp³-hybridized carbons (Fsp3) is 0.143. The van der Waals surface area contributed by atoms with E-state index in [0.717, 1.165) is 27.4 Å². The van der Waals surface area contributed by atoms with Crippen LogP contribution in [0.15, 0.2) is 78.7 Å². The van der Waals surface area contributed by atoms with Gasteiger partial charge in [0.1, 0.15) is 12.4 Å². The predicted octanol–water partition coefficient (Wildman–Crippen LogP) is 2.85. The maximum absolute atomic E-state index is 5.75. The first-order chi connectivity index (χ1) is 11.7. The Morgan fingerprint density at radius 2 is 2.04 bits per heavy atom. The van der Waals surface area contributed by atoms with E-state index in [1.165, 1.54) is 0 Å². The van der Waals surface area contributed by atoms with E-state index >= 15 is 0 Å². The average Bonchev–Trinajstić information content (AvgIpc) is 2.82. The molecule has 1 aromatic rings. The SMILES string of the molecule is C=C/C=C\C1=C(C=C)OCCN=C1c1cnc(=C/C=C)/c(=C\C)c1. The van der Waals surface area contributed by atoms with Crippen molar-refractivity contribution in [1.29, 1.82) is 0 Å². The van der Waals surface area contributed by atoms with E-state index in [1.807, 2.05) is 37.4 Å². The Kier molecular flexibility index (Phi) is 6.26. The molecular weight excluding hydrogens is 296 g/mol. The molecule has 0 saturated carbocycles. The molecule has 2 heterocycles. The van der Waals surface area contributed by atoms with Crippen molar-refractivity contribution >= 4 is 17.9 Å². The summed E-state index contributed by atoms with van der Waals surface area (Å²) < 4.78 is 5.75. The monoisotopic (exact) mass is 318 g/mol. The van der Waals surface area contributed by atoms with Gasteiger partial charge in [0.05, 0.1) is 17.6 Å². The summed E-state index contributed by atoms with van der Waals surface area (Å²) in [5.74, 6) is 0.716. The van der Waals surface area contributed by atoms with Crippen LogP contribution in [0.1, 0.15) is 12.5 Å². The first kappa shape index (κ1) is 17.4. The molecule has 1 aromatic heterocycles. The minimum Gasteiger partial charge on any atom is -0.491 e. The van der Waals surface area contributed by atoms with Gasteiger partial charge in [0.2, 0.25) is 0 Å². The summed E-state index contributed by atoms with van der Waals surface area (Å²) in [5, 5.41) is 1.92. The molecule has 24 heavy (non-hydrogen) atoms. The lowest BCUT2D eigenvalue weighted by atomic mass is 10.0. The van der Waals surface area contributed by atoms with Crippen molar-refractivity contribution < 1.29 is 4.74 Å². The van der Waals surface area contributed by atoms with Gasteiger partial charge in [-0.2, -0.15) is 0 Å². The van der Waals surface area contributed by atoms with Gasteiger partial charge in [0, 0.05) is 17.3 Å². The van der Waals surface area contributed by atoms with Crippen molar-refractivity contribution in [3.05, 3.63) is 89.8 Å². The summed E-state index contributed by atoms with van der Waals surface area (Å²) in [5.41, 5.74) is 2.67. The first-order valence-corrected chi connectivity index (χ1v) is 7.84. The van der Waals surface area contributed by atoms with E-state index in [9.17, 15) is 0 Å². The highest BCUT2D eigenvalue weighted by molar-refractivity contribution is 6.14. The third-order valence-corrected chi connectivity index (χ3v) is 3.53. The van der Waals surface area contributed by atoms with Crippen LogP contribution in [-0.2, 0) is 4.74 Å². The maximum Gasteiger partial charge on any atom is 0.128 e. The molecule has 3 heteroatoms. The van der Waals surface area contributed by atoms with Crippen LogP contribution in [0.4, 0.5) is 0 Å². The Hall–Kier alpha value is -2.94. The van der Waals surface area contributed by atoms with E-state index in [0.29, 0.717) is 18.9 Å². The van der Waals surface area contributed by atoms with Crippen LogP contribution < -0.4 is 10.6 Å². The molecule has 0 fully saturated rings. The van der Waals surface area contributed by atoms with Gasteiger partial charge in [-0.15, -0.1) is 0 Å². The second kappa shape index (κ2) is 8.63. The largest absolute Gasteiger partial charge is 0.491 e. The summed E-state index contributed by atoms with van der Waals surface area (Å²) in [6.45, 7) is 14.4. The van der Waals surface area contributed by atoms with Crippen LogP contribution in [0, 0.1) is 0 Å². The van der Waals surface area contributed by atoms with Crippen LogP contribution in [0.5, 0.6) is 0 Å². The third-order valence-electron chi connectivity index (χ3n) is 3.53. The van der Waals surface area contributed by atoms with Crippen LogP contribution in [0.3, 0.4) is 0 Å². The molecule has 122 valence electrons. The number of aromatic nitrogens is 1. The van der Waals surface area contributed by atoms with E-state index < -0.39 is 0 Å². The molecule has 1 aliphatic rings. The van der Waals surface area contributed by atoms with Crippen molar-refractivity contribution in [2.75, 3.05) is 13.2 Å². The molecule has 0 radical (unpaired) electrons. The number of pyridine rings is 1. The van der Waals surface area contributed by atoms with E-state index in [4.69, 9.17) is 9.73 Å². The number of nitrogens with zero attached hydrogens (tertiary/aromatic N) is 2. The second-order valence-electron chi connectivity index (χ2n) is 5.05. The molecule has 2 rings (SSSR count).